The van der Waals surface area contributed by atoms with Crippen molar-refractivity contribution in [3.8, 4) is 11.8 Å². The second-order valence-corrected chi connectivity index (χ2v) is 3.30. The molecule has 3 N–H and O–H groups in total. The number of nitrogen functional groups attached to an aromatic ring is 1. The van der Waals surface area contributed by atoms with Crippen LogP contribution in [-0.4, -0.2) is 12.5 Å². The molecule has 1 aromatic rings. The predicted octanol–water partition coefficient (Wildman–Crippen LogP) is 1.06. The van der Waals surface area contributed by atoms with E-state index in [1.165, 1.54) is 6.92 Å². The second kappa shape index (κ2) is 5.06. The van der Waals surface area contributed by atoms with E-state index >= 15 is 0 Å². The molecule has 78 valence electrons. The van der Waals surface area contributed by atoms with Gasteiger partial charge in [-0.05, 0) is 24.6 Å². The highest BCUT2D eigenvalue weighted by molar-refractivity contribution is 5.73. The smallest absolute Gasteiger partial charge is 0.217 e. The second-order valence-electron chi connectivity index (χ2n) is 3.30. The fraction of sp³-hybridized carbons (Fsp3) is 0.250. The van der Waals surface area contributed by atoms with Crippen LogP contribution in [-0.2, 0) is 4.79 Å². The van der Waals surface area contributed by atoms with Crippen LogP contribution in [0.15, 0.2) is 18.2 Å². The summed E-state index contributed by atoms with van der Waals surface area (Å²) in [6.07, 6.45) is 0. The summed E-state index contributed by atoms with van der Waals surface area (Å²) >= 11 is 0. The zero-order valence-corrected chi connectivity index (χ0v) is 8.92. The van der Waals surface area contributed by atoms with Crippen LogP contribution < -0.4 is 11.1 Å². The van der Waals surface area contributed by atoms with Crippen LogP contribution in [0.1, 0.15) is 18.1 Å². The summed E-state index contributed by atoms with van der Waals surface area (Å²) in [6.45, 7) is 3.79. The van der Waals surface area contributed by atoms with Gasteiger partial charge in [0.1, 0.15) is 0 Å². The van der Waals surface area contributed by atoms with Crippen molar-refractivity contribution in [2.75, 3.05) is 12.3 Å². The van der Waals surface area contributed by atoms with Gasteiger partial charge in [0, 0.05) is 18.2 Å². The molecule has 0 fully saturated rings. The molecule has 0 aliphatic rings. The lowest BCUT2D eigenvalue weighted by atomic mass is 10.1. The monoisotopic (exact) mass is 202 g/mol. The molecule has 0 unspecified atom stereocenters. The predicted molar refractivity (Wildman–Crippen MR) is 61.2 cm³/mol. The molecule has 1 rings (SSSR count). The molecule has 3 heteroatoms. The molecule has 15 heavy (non-hydrogen) atoms. The van der Waals surface area contributed by atoms with E-state index in [1.807, 2.05) is 25.1 Å². The zero-order valence-electron chi connectivity index (χ0n) is 8.92. The highest BCUT2D eigenvalue weighted by Gasteiger charge is 1.94. The number of benzene rings is 1. The molecule has 1 amide bonds. The van der Waals surface area contributed by atoms with Crippen LogP contribution in [0.5, 0.6) is 0 Å². The Kier molecular flexibility index (Phi) is 3.75. The third-order valence-electron chi connectivity index (χ3n) is 1.86. The first-order chi connectivity index (χ1) is 7.09. The van der Waals surface area contributed by atoms with Gasteiger partial charge < -0.3 is 11.1 Å². The number of aryl methyl sites for hydroxylation is 1. The molecular formula is C12H14N2O. The SMILES string of the molecule is CC(=O)NCC#Cc1ccc(C)cc1N. The Hall–Kier alpha value is -1.95. The van der Waals surface area contributed by atoms with Gasteiger partial charge in [-0.2, -0.15) is 0 Å². The van der Waals surface area contributed by atoms with Gasteiger partial charge in [0.05, 0.1) is 6.54 Å². The van der Waals surface area contributed by atoms with E-state index in [-0.39, 0.29) is 5.91 Å². The minimum absolute atomic E-state index is 0.0822. The molecule has 1 aromatic carbocycles. The first-order valence-corrected chi connectivity index (χ1v) is 4.69. The Morgan fingerprint density at radius 1 is 1.53 bits per heavy atom. The number of hydrogen-bond donors (Lipinski definition) is 2. The Morgan fingerprint density at radius 3 is 2.87 bits per heavy atom. The number of carbonyl (C=O) groups excluding carboxylic acids is 1. The van der Waals surface area contributed by atoms with Crippen LogP contribution >= 0.6 is 0 Å². The summed E-state index contributed by atoms with van der Waals surface area (Å²) in [7, 11) is 0. The third-order valence-corrected chi connectivity index (χ3v) is 1.86. The van der Waals surface area contributed by atoms with Crippen molar-refractivity contribution in [1.82, 2.24) is 5.32 Å². The van der Waals surface area contributed by atoms with Gasteiger partial charge in [-0.3, -0.25) is 4.79 Å². The van der Waals surface area contributed by atoms with Crippen molar-refractivity contribution in [2.24, 2.45) is 0 Å². The van der Waals surface area contributed by atoms with Gasteiger partial charge in [0.25, 0.3) is 0 Å². The van der Waals surface area contributed by atoms with E-state index in [9.17, 15) is 4.79 Å². The van der Waals surface area contributed by atoms with Gasteiger partial charge in [-0.1, -0.05) is 17.9 Å². The highest BCUT2D eigenvalue weighted by atomic mass is 16.1. The van der Waals surface area contributed by atoms with Crippen LogP contribution in [0.2, 0.25) is 0 Å². The Balaban J connectivity index is 2.67. The van der Waals surface area contributed by atoms with Crippen molar-refractivity contribution in [2.45, 2.75) is 13.8 Å². The molecule has 0 bridgehead atoms. The lowest BCUT2D eigenvalue weighted by Gasteiger charge is -1.99. The summed E-state index contributed by atoms with van der Waals surface area (Å²) in [5.41, 5.74) is 8.35. The number of nitrogens with one attached hydrogen (secondary N) is 1. The third kappa shape index (κ3) is 3.74. The fourth-order valence-electron chi connectivity index (χ4n) is 1.10. The molecule has 0 heterocycles. The largest absolute Gasteiger partial charge is 0.398 e. The van der Waals surface area contributed by atoms with E-state index in [0.29, 0.717) is 12.2 Å². The molecule has 0 saturated heterocycles. The van der Waals surface area contributed by atoms with Crippen molar-refractivity contribution in [3.63, 3.8) is 0 Å². The number of rotatable bonds is 1. The summed E-state index contributed by atoms with van der Waals surface area (Å²) in [5, 5.41) is 2.59. The average Bonchev–Trinajstić information content (AvgIpc) is 2.14. The van der Waals surface area contributed by atoms with Crippen molar-refractivity contribution in [3.05, 3.63) is 29.3 Å². The molecule has 0 spiro atoms. The van der Waals surface area contributed by atoms with Crippen molar-refractivity contribution in [1.29, 1.82) is 0 Å². The fourth-order valence-corrected chi connectivity index (χ4v) is 1.10. The molecule has 3 nitrogen and oxygen atoms in total. The van der Waals surface area contributed by atoms with Gasteiger partial charge in [-0.25, -0.2) is 0 Å². The van der Waals surface area contributed by atoms with Gasteiger partial charge in [0.2, 0.25) is 5.91 Å². The number of amides is 1. The summed E-state index contributed by atoms with van der Waals surface area (Å²) in [4.78, 5) is 10.6. The van der Waals surface area contributed by atoms with E-state index < -0.39 is 0 Å². The number of anilines is 1. The van der Waals surface area contributed by atoms with Crippen molar-refractivity contribution < 1.29 is 4.79 Å². The first-order valence-electron chi connectivity index (χ1n) is 4.69. The average molecular weight is 202 g/mol. The molecule has 0 radical (unpaired) electrons. The first kappa shape index (κ1) is 11.1. The van der Waals surface area contributed by atoms with Crippen LogP contribution in [0, 0.1) is 18.8 Å². The Bertz CT molecular complexity index is 427. The number of carbonyl (C=O) groups is 1. The van der Waals surface area contributed by atoms with Crippen LogP contribution in [0.3, 0.4) is 0 Å². The maximum absolute atomic E-state index is 10.6. The highest BCUT2D eigenvalue weighted by Crippen LogP contribution is 2.11. The lowest BCUT2D eigenvalue weighted by molar-refractivity contribution is -0.118. The van der Waals surface area contributed by atoms with Crippen LogP contribution in [0.4, 0.5) is 5.69 Å². The normalized spacial score (nSPS) is 8.93. The summed E-state index contributed by atoms with van der Waals surface area (Å²) in [6, 6.07) is 5.71. The molecule has 0 aliphatic carbocycles. The summed E-state index contributed by atoms with van der Waals surface area (Å²) in [5.74, 6) is 5.65. The number of nitrogens with two attached hydrogens (primary N) is 1. The minimum atomic E-state index is -0.0822. The quantitative estimate of drug-likeness (QED) is 0.528. The maximum Gasteiger partial charge on any atom is 0.217 e. The number of hydrogen-bond acceptors (Lipinski definition) is 2. The topological polar surface area (TPSA) is 55.1 Å². The molecular weight excluding hydrogens is 188 g/mol. The van der Waals surface area contributed by atoms with Crippen molar-refractivity contribution >= 4 is 11.6 Å². The van der Waals surface area contributed by atoms with E-state index in [2.05, 4.69) is 17.2 Å². The maximum atomic E-state index is 10.6. The molecule has 0 atom stereocenters. The standard InChI is InChI=1S/C12H14N2O/c1-9-5-6-11(12(13)8-9)4-3-7-14-10(2)15/h5-6,8H,7,13H2,1-2H3,(H,14,15). The van der Waals surface area contributed by atoms with Gasteiger partial charge in [0.15, 0.2) is 0 Å². The Morgan fingerprint density at radius 2 is 2.27 bits per heavy atom. The molecule has 0 aliphatic heterocycles. The molecule has 0 aromatic heterocycles. The Labute approximate surface area is 89.7 Å². The minimum Gasteiger partial charge on any atom is -0.398 e. The molecule has 0 saturated carbocycles. The van der Waals surface area contributed by atoms with Crippen LogP contribution in [0.25, 0.3) is 0 Å². The van der Waals surface area contributed by atoms with E-state index in [4.69, 9.17) is 5.73 Å². The summed E-state index contributed by atoms with van der Waals surface area (Å²) < 4.78 is 0. The lowest BCUT2D eigenvalue weighted by Crippen LogP contribution is -2.19. The van der Waals surface area contributed by atoms with Gasteiger partial charge in [-0.15, -0.1) is 0 Å². The zero-order chi connectivity index (χ0) is 11.3. The van der Waals surface area contributed by atoms with E-state index in [1.54, 1.807) is 0 Å². The van der Waals surface area contributed by atoms with E-state index in [0.717, 1.165) is 11.1 Å². The van der Waals surface area contributed by atoms with Gasteiger partial charge >= 0.3 is 0 Å².